The number of carbonyl (C=O) groups is 1. The Hall–Kier alpha value is -1.67. The number of hydrogen-bond donors (Lipinski definition) is 1. The second-order valence-corrected chi connectivity index (χ2v) is 6.38. The molecule has 0 saturated carbocycles. The van der Waals surface area contributed by atoms with Crippen LogP contribution in [0.15, 0.2) is 18.2 Å². The van der Waals surface area contributed by atoms with Gasteiger partial charge in [-0.2, -0.15) is 0 Å². The van der Waals surface area contributed by atoms with Crippen molar-refractivity contribution in [2.45, 2.75) is 6.42 Å². The van der Waals surface area contributed by atoms with Crippen LogP contribution in [0.2, 0.25) is 0 Å². The first-order valence-corrected chi connectivity index (χ1v) is 7.66. The Kier molecular flexibility index (Phi) is 3.96. The van der Waals surface area contributed by atoms with Crippen molar-refractivity contribution in [3.63, 3.8) is 0 Å². The Morgan fingerprint density at radius 2 is 2.20 bits per heavy atom. The molecule has 20 heavy (non-hydrogen) atoms. The molecular formula is C12H15FN2O4S. The zero-order valence-electron chi connectivity index (χ0n) is 10.9. The number of carbonyl (C=O) groups excluding carboxylic acids is 1. The number of benzene rings is 1. The number of methoxy groups -OCH3 is 1. The number of halogens is 1. The summed E-state index contributed by atoms with van der Waals surface area (Å²) in [5, 5.41) is 4.98. The van der Waals surface area contributed by atoms with Crippen LogP contribution in [0.4, 0.5) is 10.1 Å². The Labute approximate surface area is 116 Å². The molecule has 1 aromatic rings. The van der Waals surface area contributed by atoms with Gasteiger partial charge in [0, 0.05) is 30.6 Å². The third-order valence-electron chi connectivity index (χ3n) is 3.12. The van der Waals surface area contributed by atoms with Crippen molar-refractivity contribution >= 4 is 21.6 Å². The van der Waals surface area contributed by atoms with E-state index in [0.717, 1.165) is 0 Å². The molecule has 1 atom stereocenters. The van der Waals surface area contributed by atoms with Gasteiger partial charge in [-0.25, -0.2) is 17.9 Å². The molecule has 1 unspecified atom stereocenters. The summed E-state index contributed by atoms with van der Waals surface area (Å²) in [5.74, 6) is -1.30. The molecule has 0 aromatic heterocycles. The quantitative estimate of drug-likeness (QED) is 0.875. The third-order valence-corrected chi connectivity index (χ3v) is 4.06. The number of amides is 1. The number of nitrogens with zero attached hydrogens (tertiary/aromatic N) is 1. The van der Waals surface area contributed by atoms with Gasteiger partial charge in [0.2, 0.25) is 15.9 Å². The third kappa shape index (κ3) is 3.26. The highest BCUT2D eigenvalue weighted by atomic mass is 32.2. The molecule has 2 N–H and O–H groups in total. The molecule has 1 saturated heterocycles. The number of sulfonamides is 1. The molecule has 1 heterocycles. The van der Waals surface area contributed by atoms with E-state index in [4.69, 9.17) is 9.88 Å². The van der Waals surface area contributed by atoms with Crippen LogP contribution in [0.1, 0.15) is 6.42 Å². The summed E-state index contributed by atoms with van der Waals surface area (Å²) >= 11 is 0. The molecule has 0 bridgehead atoms. The van der Waals surface area contributed by atoms with E-state index in [2.05, 4.69) is 0 Å². The zero-order valence-corrected chi connectivity index (χ0v) is 11.7. The lowest BCUT2D eigenvalue weighted by molar-refractivity contribution is -0.117. The van der Waals surface area contributed by atoms with Gasteiger partial charge in [-0.15, -0.1) is 0 Å². The molecule has 1 aliphatic rings. The lowest BCUT2D eigenvalue weighted by Gasteiger charge is -2.17. The highest BCUT2D eigenvalue weighted by molar-refractivity contribution is 7.89. The highest BCUT2D eigenvalue weighted by Gasteiger charge is 2.33. The van der Waals surface area contributed by atoms with Gasteiger partial charge in [0.05, 0.1) is 12.9 Å². The first-order chi connectivity index (χ1) is 9.30. The van der Waals surface area contributed by atoms with Crippen LogP contribution >= 0.6 is 0 Å². The summed E-state index contributed by atoms with van der Waals surface area (Å²) in [6, 6.07) is 4.07. The fourth-order valence-corrected chi connectivity index (χ4v) is 3.17. The lowest BCUT2D eigenvalue weighted by Crippen LogP contribution is -2.27. The van der Waals surface area contributed by atoms with Crippen LogP contribution in [-0.4, -0.2) is 33.7 Å². The number of rotatable bonds is 4. The van der Waals surface area contributed by atoms with E-state index < -0.39 is 15.8 Å². The van der Waals surface area contributed by atoms with Crippen LogP contribution in [0.3, 0.4) is 0 Å². The topological polar surface area (TPSA) is 89.7 Å². The van der Waals surface area contributed by atoms with Crippen molar-refractivity contribution in [3.8, 4) is 5.75 Å². The van der Waals surface area contributed by atoms with E-state index in [1.54, 1.807) is 0 Å². The molecule has 1 aromatic carbocycles. The minimum absolute atomic E-state index is 0.0326. The Morgan fingerprint density at radius 1 is 1.50 bits per heavy atom. The summed E-state index contributed by atoms with van der Waals surface area (Å²) in [7, 11) is -2.29. The van der Waals surface area contributed by atoms with Gasteiger partial charge in [0.25, 0.3) is 0 Å². The van der Waals surface area contributed by atoms with Gasteiger partial charge in [-0.3, -0.25) is 4.79 Å². The van der Waals surface area contributed by atoms with Crippen LogP contribution in [0.25, 0.3) is 0 Å². The smallest absolute Gasteiger partial charge is 0.227 e. The summed E-state index contributed by atoms with van der Waals surface area (Å²) in [4.78, 5) is 13.3. The second kappa shape index (κ2) is 5.37. The molecule has 8 heteroatoms. The zero-order chi connectivity index (χ0) is 14.9. The minimum atomic E-state index is -3.62. The average molecular weight is 302 g/mol. The lowest BCUT2D eigenvalue weighted by atomic mass is 10.1. The maximum Gasteiger partial charge on any atom is 0.227 e. The van der Waals surface area contributed by atoms with Gasteiger partial charge in [0.1, 0.15) is 0 Å². The van der Waals surface area contributed by atoms with Gasteiger partial charge in [-0.05, 0) is 12.1 Å². The molecule has 0 aliphatic carbocycles. The van der Waals surface area contributed by atoms with Crippen molar-refractivity contribution in [1.82, 2.24) is 0 Å². The fraction of sp³-hybridized carbons (Fsp3) is 0.417. The van der Waals surface area contributed by atoms with E-state index in [1.165, 1.54) is 30.2 Å². The first-order valence-electron chi connectivity index (χ1n) is 5.94. The van der Waals surface area contributed by atoms with Crippen LogP contribution in [-0.2, 0) is 14.8 Å². The largest absolute Gasteiger partial charge is 0.494 e. The molecule has 1 fully saturated rings. The molecule has 2 rings (SSSR count). The number of primary sulfonamides is 1. The molecule has 0 radical (unpaired) electrons. The van der Waals surface area contributed by atoms with E-state index >= 15 is 0 Å². The number of anilines is 1. The summed E-state index contributed by atoms with van der Waals surface area (Å²) in [5.41, 5.74) is 0.477. The summed E-state index contributed by atoms with van der Waals surface area (Å²) in [6.07, 6.45) is 0.107. The molecule has 110 valence electrons. The Bertz CT molecular complexity index is 632. The predicted octanol–water partition coefficient (Wildman–Crippen LogP) is 0.476. The molecular weight excluding hydrogens is 287 g/mol. The highest BCUT2D eigenvalue weighted by Crippen LogP contribution is 2.29. The van der Waals surface area contributed by atoms with Gasteiger partial charge in [0.15, 0.2) is 11.6 Å². The minimum Gasteiger partial charge on any atom is -0.494 e. The van der Waals surface area contributed by atoms with Crippen LogP contribution in [0.5, 0.6) is 5.75 Å². The number of nitrogens with two attached hydrogens (primary N) is 1. The van der Waals surface area contributed by atoms with E-state index in [9.17, 15) is 17.6 Å². The summed E-state index contributed by atoms with van der Waals surface area (Å²) in [6.45, 7) is 0.240. The molecule has 1 amide bonds. The Morgan fingerprint density at radius 3 is 2.80 bits per heavy atom. The van der Waals surface area contributed by atoms with Crippen molar-refractivity contribution in [1.29, 1.82) is 0 Å². The van der Waals surface area contributed by atoms with Crippen LogP contribution in [0, 0.1) is 11.7 Å². The van der Waals surface area contributed by atoms with E-state index in [1.807, 2.05) is 0 Å². The molecule has 6 nitrogen and oxygen atoms in total. The van der Waals surface area contributed by atoms with Crippen LogP contribution < -0.4 is 14.8 Å². The average Bonchev–Trinajstić information content (AvgIpc) is 2.68. The normalized spacial score (nSPS) is 19.4. The van der Waals surface area contributed by atoms with Gasteiger partial charge in [-0.1, -0.05) is 0 Å². The van der Waals surface area contributed by atoms with Gasteiger partial charge >= 0.3 is 0 Å². The number of hydrogen-bond acceptors (Lipinski definition) is 4. The fourth-order valence-electron chi connectivity index (χ4n) is 2.29. The van der Waals surface area contributed by atoms with Gasteiger partial charge < -0.3 is 9.64 Å². The standard InChI is InChI=1S/C12H15FN2O4S/c1-19-11-5-9(2-3-10(11)13)15-6-8(4-12(15)16)7-20(14,17)18/h2-3,5,8H,4,6-7H2,1H3,(H2,14,17,18). The molecule has 1 aliphatic heterocycles. The van der Waals surface area contributed by atoms with Crippen molar-refractivity contribution < 1.29 is 22.3 Å². The monoisotopic (exact) mass is 302 g/mol. The van der Waals surface area contributed by atoms with E-state index in [-0.39, 0.29) is 36.3 Å². The first kappa shape index (κ1) is 14.7. The SMILES string of the molecule is COc1cc(N2CC(CS(N)(=O)=O)CC2=O)ccc1F. The Balaban J connectivity index is 2.20. The summed E-state index contributed by atoms with van der Waals surface area (Å²) < 4.78 is 40.3. The van der Waals surface area contributed by atoms with Crippen molar-refractivity contribution in [3.05, 3.63) is 24.0 Å². The van der Waals surface area contributed by atoms with Crippen molar-refractivity contribution in [2.75, 3.05) is 24.3 Å². The number of ether oxygens (including phenoxy) is 1. The van der Waals surface area contributed by atoms with E-state index in [0.29, 0.717) is 5.69 Å². The predicted molar refractivity (Wildman–Crippen MR) is 71.4 cm³/mol. The second-order valence-electron chi connectivity index (χ2n) is 4.72. The maximum absolute atomic E-state index is 13.3. The molecule has 0 spiro atoms. The maximum atomic E-state index is 13.3. The van der Waals surface area contributed by atoms with Crippen molar-refractivity contribution in [2.24, 2.45) is 11.1 Å².